The molecule has 1 N–H and O–H groups in total. The summed E-state index contributed by atoms with van der Waals surface area (Å²) >= 11 is 10.3. The van der Waals surface area contributed by atoms with E-state index in [1.807, 2.05) is 48.5 Å². The number of thioether (sulfide) groups is 1. The Bertz CT molecular complexity index is 1590. The van der Waals surface area contributed by atoms with E-state index in [2.05, 4.69) is 21.2 Å². The molecule has 4 aromatic carbocycles. The van der Waals surface area contributed by atoms with Crippen molar-refractivity contribution in [2.24, 2.45) is 0 Å². The Morgan fingerprint density at radius 2 is 1.77 bits per heavy atom. The van der Waals surface area contributed by atoms with Gasteiger partial charge in [-0.25, -0.2) is 4.39 Å². The molecule has 0 aromatic heterocycles. The second kappa shape index (κ2) is 11.9. The molecule has 0 aliphatic carbocycles. The number of nitrogens with one attached hydrogen (secondary N) is 1. The van der Waals surface area contributed by atoms with Gasteiger partial charge in [-0.15, -0.1) is 0 Å². The molecule has 1 heterocycles. The van der Waals surface area contributed by atoms with Gasteiger partial charge < -0.3 is 10.1 Å². The first-order valence-electron chi connectivity index (χ1n) is 11.8. The van der Waals surface area contributed by atoms with Gasteiger partial charge in [0.1, 0.15) is 18.2 Å². The molecule has 0 bridgehead atoms. The van der Waals surface area contributed by atoms with Crippen molar-refractivity contribution < 1.29 is 18.7 Å². The lowest BCUT2D eigenvalue weighted by Crippen LogP contribution is -2.27. The van der Waals surface area contributed by atoms with Crippen molar-refractivity contribution in [1.29, 1.82) is 0 Å². The minimum Gasteiger partial charge on any atom is -0.488 e. The average molecular weight is 620 g/mol. The number of rotatable bonds is 7. The van der Waals surface area contributed by atoms with Crippen LogP contribution in [0.5, 0.6) is 5.75 Å². The van der Waals surface area contributed by atoms with E-state index in [-0.39, 0.29) is 11.8 Å². The summed E-state index contributed by atoms with van der Waals surface area (Å²) in [5, 5.41) is 2.72. The van der Waals surface area contributed by atoms with E-state index >= 15 is 0 Å². The van der Waals surface area contributed by atoms with Gasteiger partial charge in [-0.3, -0.25) is 14.5 Å². The quantitative estimate of drug-likeness (QED) is 0.169. The summed E-state index contributed by atoms with van der Waals surface area (Å²) in [5.41, 5.74) is 3.15. The van der Waals surface area contributed by atoms with Gasteiger partial charge in [0.15, 0.2) is 4.32 Å². The second-order valence-corrected chi connectivity index (χ2v) is 11.0. The van der Waals surface area contributed by atoms with Crippen LogP contribution in [-0.4, -0.2) is 16.1 Å². The summed E-state index contributed by atoms with van der Waals surface area (Å²) in [4.78, 5) is 27.9. The largest absolute Gasteiger partial charge is 0.488 e. The number of ether oxygens (including phenoxy) is 1. The lowest BCUT2D eigenvalue weighted by atomic mass is 10.1. The molecule has 5 rings (SSSR count). The van der Waals surface area contributed by atoms with Gasteiger partial charge in [0, 0.05) is 11.3 Å². The van der Waals surface area contributed by atoms with Gasteiger partial charge in [0.2, 0.25) is 0 Å². The van der Waals surface area contributed by atoms with Crippen LogP contribution in [0.25, 0.3) is 6.08 Å². The normalized spacial score (nSPS) is 14.1. The van der Waals surface area contributed by atoms with Crippen LogP contribution in [0.3, 0.4) is 0 Å². The maximum absolute atomic E-state index is 13.3. The average Bonchev–Trinajstić information content (AvgIpc) is 3.22. The number of carbonyl (C=O) groups is 2. The molecule has 5 nitrogen and oxygen atoms in total. The third kappa shape index (κ3) is 6.44. The fraction of sp³-hybridized carbons (Fsp3) is 0.0333. The Morgan fingerprint density at radius 3 is 2.51 bits per heavy atom. The zero-order valence-electron chi connectivity index (χ0n) is 20.3. The van der Waals surface area contributed by atoms with Crippen LogP contribution in [0.2, 0.25) is 0 Å². The van der Waals surface area contributed by atoms with Crippen LogP contribution in [0.15, 0.2) is 106 Å². The Balaban J connectivity index is 1.30. The molecule has 0 atom stereocenters. The lowest BCUT2D eigenvalue weighted by molar-refractivity contribution is -0.113. The number of anilines is 2. The summed E-state index contributed by atoms with van der Waals surface area (Å²) in [6.07, 6.45) is 1.77. The Hall–Kier alpha value is -3.79. The fourth-order valence-electron chi connectivity index (χ4n) is 3.82. The van der Waals surface area contributed by atoms with Gasteiger partial charge in [-0.1, -0.05) is 66.4 Å². The highest BCUT2D eigenvalue weighted by Gasteiger charge is 2.33. The highest BCUT2D eigenvalue weighted by molar-refractivity contribution is 9.10. The lowest BCUT2D eigenvalue weighted by Gasteiger charge is -2.15. The summed E-state index contributed by atoms with van der Waals surface area (Å²) in [5.74, 6) is -0.359. The van der Waals surface area contributed by atoms with Crippen molar-refractivity contribution >= 4 is 73.5 Å². The van der Waals surface area contributed by atoms with E-state index in [1.165, 1.54) is 40.9 Å². The Morgan fingerprint density at radius 1 is 1.00 bits per heavy atom. The number of benzene rings is 4. The van der Waals surface area contributed by atoms with E-state index in [0.29, 0.717) is 38.5 Å². The van der Waals surface area contributed by atoms with Crippen LogP contribution in [-0.2, 0) is 11.4 Å². The zero-order chi connectivity index (χ0) is 27.4. The summed E-state index contributed by atoms with van der Waals surface area (Å²) in [7, 11) is 0. The van der Waals surface area contributed by atoms with Gasteiger partial charge >= 0.3 is 0 Å². The van der Waals surface area contributed by atoms with Crippen molar-refractivity contribution in [1.82, 2.24) is 0 Å². The van der Waals surface area contributed by atoms with Crippen LogP contribution < -0.4 is 15.0 Å². The SMILES string of the molecule is O=C(Nc1ccc(F)cc1)c1cccc(N2C(=O)/C(=C\c3ccc(OCc4ccccc4)c(Br)c3)SC2=S)c1. The minimum atomic E-state index is -0.392. The van der Waals surface area contributed by atoms with Gasteiger partial charge in [-0.05, 0) is 87.7 Å². The van der Waals surface area contributed by atoms with E-state index < -0.39 is 5.82 Å². The Kier molecular flexibility index (Phi) is 8.21. The van der Waals surface area contributed by atoms with Crippen LogP contribution in [0.1, 0.15) is 21.5 Å². The number of hydrogen-bond donors (Lipinski definition) is 1. The molecule has 194 valence electrons. The number of hydrogen-bond acceptors (Lipinski definition) is 5. The van der Waals surface area contributed by atoms with Gasteiger partial charge in [0.25, 0.3) is 11.8 Å². The molecule has 0 unspecified atom stereocenters. The summed E-state index contributed by atoms with van der Waals surface area (Å²) in [6.45, 7) is 0.443. The van der Waals surface area contributed by atoms with Crippen LogP contribution in [0, 0.1) is 5.82 Å². The maximum Gasteiger partial charge on any atom is 0.270 e. The maximum atomic E-state index is 13.3. The minimum absolute atomic E-state index is 0.276. The van der Waals surface area contributed by atoms with Crippen molar-refractivity contribution in [2.45, 2.75) is 6.61 Å². The second-order valence-electron chi connectivity index (χ2n) is 8.49. The molecule has 0 radical (unpaired) electrons. The number of nitrogens with zero attached hydrogens (tertiary/aromatic N) is 1. The number of carbonyl (C=O) groups excluding carboxylic acids is 2. The molecular weight excluding hydrogens is 599 g/mol. The van der Waals surface area contributed by atoms with Crippen molar-refractivity contribution in [3.63, 3.8) is 0 Å². The van der Waals surface area contributed by atoms with E-state index in [9.17, 15) is 14.0 Å². The van der Waals surface area contributed by atoms with Gasteiger partial charge in [-0.2, -0.15) is 0 Å². The topological polar surface area (TPSA) is 58.6 Å². The zero-order valence-corrected chi connectivity index (χ0v) is 23.5. The third-order valence-corrected chi connectivity index (χ3v) is 7.68. The van der Waals surface area contributed by atoms with Crippen molar-refractivity contribution in [2.75, 3.05) is 10.2 Å². The highest BCUT2D eigenvalue weighted by Crippen LogP contribution is 2.37. The molecule has 1 aliphatic rings. The summed E-state index contributed by atoms with van der Waals surface area (Å²) < 4.78 is 20.2. The van der Waals surface area contributed by atoms with E-state index in [4.69, 9.17) is 17.0 Å². The molecule has 0 spiro atoms. The molecular formula is C30H20BrFN2O3S2. The molecule has 2 amide bonds. The first-order chi connectivity index (χ1) is 18.9. The van der Waals surface area contributed by atoms with Crippen molar-refractivity contribution in [3.05, 3.63) is 129 Å². The molecule has 0 saturated carbocycles. The molecule has 9 heteroatoms. The number of halogens is 2. The monoisotopic (exact) mass is 618 g/mol. The summed E-state index contributed by atoms with van der Waals surface area (Å²) in [6, 6.07) is 27.6. The smallest absolute Gasteiger partial charge is 0.270 e. The highest BCUT2D eigenvalue weighted by atomic mass is 79.9. The van der Waals surface area contributed by atoms with E-state index in [0.717, 1.165) is 15.6 Å². The van der Waals surface area contributed by atoms with Crippen molar-refractivity contribution in [3.8, 4) is 5.75 Å². The Labute approximate surface area is 242 Å². The molecule has 1 aliphatic heterocycles. The predicted molar refractivity (Wildman–Crippen MR) is 161 cm³/mol. The molecule has 39 heavy (non-hydrogen) atoms. The molecule has 4 aromatic rings. The predicted octanol–water partition coefficient (Wildman–Crippen LogP) is 7.83. The van der Waals surface area contributed by atoms with Crippen LogP contribution >= 0.6 is 39.9 Å². The number of amides is 2. The fourth-order valence-corrected chi connectivity index (χ4v) is 5.63. The van der Waals surface area contributed by atoms with Gasteiger partial charge in [0.05, 0.1) is 15.1 Å². The standard InChI is InChI=1S/C30H20BrFN2O3S2/c31-25-15-20(9-14-26(25)37-18-19-5-2-1-3-6-19)16-27-29(36)34(30(38)39-27)24-8-4-7-21(17-24)28(35)33-23-12-10-22(32)11-13-23/h1-17H,18H2,(H,33,35)/b27-16+. The number of thiocarbonyl (C=S) groups is 1. The molecule has 1 fully saturated rings. The van der Waals surface area contributed by atoms with Crippen LogP contribution in [0.4, 0.5) is 15.8 Å². The first-order valence-corrected chi connectivity index (χ1v) is 13.8. The first kappa shape index (κ1) is 26.8. The molecule has 1 saturated heterocycles. The third-order valence-electron chi connectivity index (χ3n) is 5.75. The van der Waals surface area contributed by atoms with E-state index in [1.54, 1.807) is 30.3 Å².